The highest BCUT2D eigenvalue weighted by Crippen LogP contribution is 2.38. The number of thioether (sulfide) groups is 1. The first kappa shape index (κ1) is 12.9. The van der Waals surface area contributed by atoms with Crippen molar-refractivity contribution in [2.45, 2.75) is 23.8 Å². The molecule has 1 aliphatic rings. The van der Waals surface area contributed by atoms with E-state index < -0.39 is 10.8 Å². The number of hydrogen-bond donors (Lipinski definition) is 0. The Morgan fingerprint density at radius 1 is 1.41 bits per heavy atom. The Morgan fingerprint density at radius 3 is 2.82 bits per heavy atom. The molecule has 0 saturated carbocycles. The molecule has 17 heavy (non-hydrogen) atoms. The summed E-state index contributed by atoms with van der Waals surface area (Å²) >= 11 is 1.85. The first-order chi connectivity index (χ1) is 8.27. The van der Waals surface area contributed by atoms with Crippen molar-refractivity contribution < 1.29 is 4.21 Å². The number of hydrogen-bond acceptors (Lipinski definition) is 2. The van der Waals surface area contributed by atoms with Gasteiger partial charge in [-0.3, -0.25) is 4.21 Å². The molecule has 2 atom stereocenters. The van der Waals surface area contributed by atoms with Crippen LogP contribution in [0.1, 0.15) is 18.9 Å². The molecular weight excluding hydrogens is 248 g/mol. The van der Waals surface area contributed by atoms with Gasteiger partial charge in [0, 0.05) is 23.0 Å². The Hall–Kier alpha value is -0.540. The molecule has 3 heteroatoms. The monoisotopic (exact) mass is 266 g/mol. The van der Waals surface area contributed by atoms with Crippen LogP contribution in [0.25, 0.3) is 0 Å². The van der Waals surface area contributed by atoms with Crippen molar-refractivity contribution in [2.24, 2.45) is 0 Å². The molecule has 2 rings (SSSR count). The lowest BCUT2D eigenvalue weighted by Crippen LogP contribution is -2.36. The highest BCUT2D eigenvalue weighted by molar-refractivity contribution is 8.13. The SMILES string of the molecule is C/C=C/[C@@]1(Cc2ccccc2)SCCCS1=O. The summed E-state index contributed by atoms with van der Waals surface area (Å²) in [6, 6.07) is 10.4. The Morgan fingerprint density at radius 2 is 2.18 bits per heavy atom. The van der Waals surface area contributed by atoms with Crippen molar-refractivity contribution in [2.75, 3.05) is 11.5 Å². The van der Waals surface area contributed by atoms with Crippen LogP contribution in [0.5, 0.6) is 0 Å². The zero-order valence-electron chi connectivity index (χ0n) is 10.1. The van der Waals surface area contributed by atoms with Crippen molar-refractivity contribution in [1.29, 1.82) is 0 Å². The van der Waals surface area contributed by atoms with Gasteiger partial charge in [-0.15, -0.1) is 11.8 Å². The van der Waals surface area contributed by atoms with Gasteiger partial charge in [0.15, 0.2) is 0 Å². The van der Waals surface area contributed by atoms with Gasteiger partial charge in [0.05, 0.1) is 0 Å². The predicted octanol–water partition coefficient (Wildman–Crippen LogP) is 3.39. The second-order valence-corrected chi connectivity index (χ2v) is 7.74. The van der Waals surface area contributed by atoms with E-state index in [2.05, 4.69) is 30.3 Å². The van der Waals surface area contributed by atoms with Gasteiger partial charge in [-0.05, 0) is 24.7 Å². The maximum Gasteiger partial charge on any atom is 0.113 e. The van der Waals surface area contributed by atoms with E-state index in [-0.39, 0.29) is 4.08 Å². The molecule has 1 unspecified atom stereocenters. The maximum atomic E-state index is 12.3. The van der Waals surface area contributed by atoms with E-state index in [9.17, 15) is 4.21 Å². The predicted molar refractivity (Wildman–Crippen MR) is 77.8 cm³/mol. The summed E-state index contributed by atoms with van der Waals surface area (Å²) in [6.07, 6.45) is 6.12. The molecule has 1 aliphatic heterocycles. The molecule has 92 valence electrons. The van der Waals surface area contributed by atoms with Crippen LogP contribution in [0.3, 0.4) is 0 Å². The summed E-state index contributed by atoms with van der Waals surface area (Å²) in [5, 5.41) is 0. The molecule has 1 aromatic carbocycles. The van der Waals surface area contributed by atoms with E-state index in [0.29, 0.717) is 0 Å². The van der Waals surface area contributed by atoms with Crippen molar-refractivity contribution in [3.63, 3.8) is 0 Å². The van der Waals surface area contributed by atoms with Gasteiger partial charge in [0.25, 0.3) is 0 Å². The van der Waals surface area contributed by atoms with E-state index in [0.717, 1.165) is 24.3 Å². The molecule has 0 bridgehead atoms. The number of benzene rings is 1. The normalized spacial score (nSPS) is 29.6. The third kappa shape index (κ3) is 3.02. The summed E-state index contributed by atoms with van der Waals surface area (Å²) in [5.74, 6) is 1.95. The lowest BCUT2D eigenvalue weighted by atomic mass is 10.1. The topological polar surface area (TPSA) is 17.1 Å². The minimum atomic E-state index is -0.761. The Labute approximate surface area is 110 Å². The first-order valence-electron chi connectivity index (χ1n) is 5.97. The Bertz CT molecular complexity index is 413. The average Bonchev–Trinajstić information content (AvgIpc) is 2.35. The van der Waals surface area contributed by atoms with E-state index >= 15 is 0 Å². The molecule has 0 N–H and O–H groups in total. The Balaban J connectivity index is 2.25. The average molecular weight is 266 g/mol. The fourth-order valence-electron chi connectivity index (χ4n) is 2.12. The fraction of sp³-hybridized carbons (Fsp3) is 0.429. The quantitative estimate of drug-likeness (QED) is 0.780. The third-order valence-corrected chi connectivity index (χ3v) is 6.80. The van der Waals surface area contributed by atoms with Crippen LogP contribution in [0.4, 0.5) is 0 Å². The van der Waals surface area contributed by atoms with Gasteiger partial charge in [-0.1, -0.05) is 42.5 Å². The lowest BCUT2D eigenvalue weighted by Gasteiger charge is -2.33. The summed E-state index contributed by atoms with van der Waals surface area (Å²) in [6.45, 7) is 2.01. The van der Waals surface area contributed by atoms with Gasteiger partial charge in [0.2, 0.25) is 0 Å². The highest BCUT2D eigenvalue weighted by Gasteiger charge is 2.37. The van der Waals surface area contributed by atoms with Gasteiger partial charge in [-0.2, -0.15) is 0 Å². The summed E-state index contributed by atoms with van der Waals surface area (Å²) in [4.78, 5) is 0. The van der Waals surface area contributed by atoms with Gasteiger partial charge < -0.3 is 0 Å². The summed E-state index contributed by atoms with van der Waals surface area (Å²) in [7, 11) is -0.761. The van der Waals surface area contributed by atoms with Crippen molar-refractivity contribution >= 4 is 22.6 Å². The van der Waals surface area contributed by atoms with Crippen LogP contribution in [-0.2, 0) is 17.2 Å². The van der Waals surface area contributed by atoms with Gasteiger partial charge in [0.1, 0.15) is 4.08 Å². The fourth-order valence-corrected chi connectivity index (χ4v) is 5.83. The van der Waals surface area contributed by atoms with Crippen LogP contribution >= 0.6 is 11.8 Å². The molecule has 1 nitrogen and oxygen atoms in total. The maximum absolute atomic E-state index is 12.3. The van der Waals surface area contributed by atoms with Gasteiger partial charge in [-0.25, -0.2) is 0 Å². The molecule has 1 saturated heterocycles. The second-order valence-electron chi connectivity index (χ2n) is 4.23. The van der Waals surface area contributed by atoms with Crippen LogP contribution in [-0.4, -0.2) is 19.8 Å². The molecular formula is C14H18OS2. The second kappa shape index (κ2) is 5.87. The van der Waals surface area contributed by atoms with E-state index in [1.54, 1.807) is 0 Å². The standard InChI is InChI=1S/C14H18OS2/c1-2-9-14(16-10-6-11-17(14)15)12-13-7-4-3-5-8-13/h2-5,7-9H,6,10-12H2,1H3/b9-2+/t14-,17?/m1/s1. The number of rotatable bonds is 3. The zero-order chi connectivity index (χ0) is 12.1. The van der Waals surface area contributed by atoms with Crippen LogP contribution in [0.15, 0.2) is 42.5 Å². The van der Waals surface area contributed by atoms with E-state index in [1.165, 1.54) is 5.56 Å². The lowest BCUT2D eigenvalue weighted by molar-refractivity contribution is 0.668. The molecule has 0 aromatic heterocycles. The molecule has 1 heterocycles. The third-order valence-electron chi connectivity index (χ3n) is 2.92. The van der Waals surface area contributed by atoms with E-state index in [4.69, 9.17) is 0 Å². The molecule has 1 fully saturated rings. The summed E-state index contributed by atoms with van der Waals surface area (Å²) < 4.78 is 12.1. The number of allylic oxidation sites excluding steroid dienone is 1. The minimum Gasteiger partial charge on any atom is -0.258 e. The zero-order valence-corrected chi connectivity index (χ0v) is 11.7. The van der Waals surface area contributed by atoms with Crippen LogP contribution in [0.2, 0.25) is 0 Å². The van der Waals surface area contributed by atoms with Gasteiger partial charge >= 0.3 is 0 Å². The Kier molecular flexibility index (Phi) is 4.46. The molecule has 0 radical (unpaired) electrons. The van der Waals surface area contributed by atoms with Crippen molar-refractivity contribution in [1.82, 2.24) is 0 Å². The molecule has 1 aromatic rings. The van der Waals surface area contributed by atoms with Crippen LogP contribution in [0, 0.1) is 0 Å². The largest absolute Gasteiger partial charge is 0.258 e. The van der Waals surface area contributed by atoms with E-state index in [1.807, 2.05) is 30.8 Å². The molecule has 0 amide bonds. The molecule has 0 spiro atoms. The molecule has 0 aliphatic carbocycles. The van der Waals surface area contributed by atoms with Crippen LogP contribution < -0.4 is 0 Å². The summed E-state index contributed by atoms with van der Waals surface area (Å²) in [5.41, 5.74) is 1.27. The smallest absolute Gasteiger partial charge is 0.113 e. The first-order valence-corrected chi connectivity index (χ1v) is 8.27. The van der Waals surface area contributed by atoms with Crippen molar-refractivity contribution in [3.8, 4) is 0 Å². The van der Waals surface area contributed by atoms with Crippen molar-refractivity contribution in [3.05, 3.63) is 48.0 Å². The minimum absolute atomic E-state index is 0.200. The highest BCUT2D eigenvalue weighted by atomic mass is 32.2.